The number of rotatable bonds is 8. The first-order valence-electron chi connectivity index (χ1n) is 8.75. The average molecular weight is 374 g/mol. The number of carbonyl (C=O) groups excluding carboxylic acids is 2. The van der Waals surface area contributed by atoms with Crippen LogP contribution in [0.5, 0.6) is 11.5 Å². The van der Waals surface area contributed by atoms with Gasteiger partial charge in [-0.3, -0.25) is 20.4 Å². The first-order chi connectivity index (χ1) is 13.0. The van der Waals surface area contributed by atoms with Crippen molar-refractivity contribution in [2.75, 3.05) is 6.61 Å². The van der Waals surface area contributed by atoms with E-state index in [0.29, 0.717) is 17.9 Å². The number of ether oxygens (including phenoxy) is 2. The molecule has 2 N–H and O–H groups in total. The van der Waals surface area contributed by atoms with E-state index < -0.39 is 23.7 Å². The Balaban J connectivity index is 1.81. The normalized spacial score (nSPS) is 11.4. The van der Waals surface area contributed by atoms with Crippen molar-refractivity contribution in [1.82, 2.24) is 10.9 Å². The molecular weight excluding hydrogens is 351 g/mol. The number of hydrogen-bond donors (Lipinski definition) is 2. The summed E-state index contributed by atoms with van der Waals surface area (Å²) in [5, 5.41) is 0. The molecule has 0 aliphatic heterocycles. The molecular formula is C20H23FN2O4. The highest BCUT2D eigenvalue weighted by Gasteiger charge is 2.17. The van der Waals surface area contributed by atoms with Crippen LogP contribution in [-0.4, -0.2) is 24.5 Å². The summed E-state index contributed by atoms with van der Waals surface area (Å²) in [6.07, 6.45) is 1.01. The van der Waals surface area contributed by atoms with Crippen LogP contribution in [0.25, 0.3) is 0 Å². The lowest BCUT2D eigenvalue weighted by Gasteiger charge is -2.15. The Morgan fingerprint density at radius 2 is 1.78 bits per heavy atom. The summed E-state index contributed by atoms with van der Waals surface area (Å²) in [6.45, 7) is 4.15. The second-order valence-electron chi connectivity index (χ2n) is 5.86. The Morgan fingerprint density at radius 3 is 2.44 bits per heavy atom. The zero-order valence-electron chi connectivity index (χ0n) is 15.3. The van der Waals surface area contributed by atoms with Crippen LogP contribution < -0.4 is 20.3 Å². The van der Waals surface area contributed by atoms with E-state index >= 15 is 0 Å². The highest BCUT2D eigenvalue weighted by atomic mass is 19.1. The lowest BCUT2D eigenvalue weighted by molar-refractivity contribution is -0.128. The number of halogens is 1. The number of benzene rings is 2. The van der Waals surface area contributed by atoms with Gasteiger partial charge in [-0.15, -0.1) is 0 Å². The summed E-state index contributed by atoms with van der Waals surface area (Å²) in [4.78, 5) is 24.1. The molecule has 27 heavy (non-hydrogen) atoms. The summed E-state index contributed by atoms with van der Waals surface area (Å²) in [5.74, 6) is -1.02. The zero-order chi connectivity index (χ0) is 19.6. The van der Waals surface area contributed by atoms with Gasteiger partial charge in [-0.2, -0.15) is 0 Å². The van der Waals surface area contributed by atoms with E-state index in [1.165, 1.54) is 25.1 Å². The van der Waals surface area contributed by atoms with Crippen LogP contribution in [-0.2, 0) is 4.79 Å². The van der Waals surface area contributed by atoms with Crippen LogP contribution in [0, 0.1) is 5.82 Å². The number of para-hydroxylation sites is 1. The van der Waals surface area contributed by atoms with Gasteiger partial charge in [0.1, 0.15) is 5.75 Å². The largest absolute Gasteiger partial charge is 0.494 e. The minimum Gasteiger partial charge on any atom is -0.494 e. The summed E-state index contributed by atoms with van der Waals surface area (Å²) in [7, 11) is 0. The highest BCUT2D eigenvalue weighted by Crippen LogP contribution is 2.17. The van der Waals surface area contributed by atoms with Crippen LogP contribution in [0.15, 0.2) is 48.5 Å². The highest BCUT2D eigenvalue weighted by molar-refractivity contribution is 5.95. The molecule has 2 amide bonds. The molecule has 2 rings (SSSR count). The number of nitrogens with one attached hydrogen (secondary N) is 2. The van der Waals surface area contributed by atoms with E-state index in [-0.39, 0.29) is 5.75 Å². The Morgan fingerprint density at radius 1 is 1.07 bits per heavy atom. The van der Waals surface area contributed by atoms with Gasteiger partial charge in [0.15, 0.2) is 17.7 Å². The van der Waals surface area contributed by atoms with E-state index in [2.05, 4.69) is 17.8 Å². The quantitative estimate of drug-likeness (QED) is 0.549. The molecule has 0 fully saturated rings. The Labute approximate surface area is 157 Å². The second-order valence-corrected chi connectivity index (χ2v) is 5.86. The topological polar surface area (TPSA) is 76.7 Å². The first-order valence-corrected chi connectivity index (χ1v) is 8.75. The Kier molecular flexibility index (Phi) is 7.61. The average Bonchev–Trinajstić information content (AvgIpc) is 2.68. The molecule has 2 aromatic rings. The van der Waals surface area contributed by atoms with Crippen molar-refractivity contribution in [2.24, 2.45) is 0 Å². The standard InChI is InChI=1S/C20H23FN2O4/c1-3-4-13-26-16-11-9-15(10-12-16)20(25)23-22-19(24)14(2)27-18-8-6-5-7-17(18)21/h5-12,14H,3-4,13H2,1-2H3,(H,22,24)(H,23,25). The molecule has 0 saturated carbocycles. The third-order valence-corrected chi connectivity index (χ3v) is 3.69. The summed E-state index contributed by atoms with van der Waals surface area (Å²) < 4.78 is 24.3. The van der Waals surface area contributed by atoms with Crippen molar-refractivity contribution in [3.05, 3.63) is 59.9 Å². The Hall–Kier alpha value is -3.09. The van der Waals surface area contributed by atoms with Crippen LogP contribution in [0.3, 0.4) is 0 Å². The van der Waals surface area contributed by atoms with Gasteiger partial charge in [-0.1, -0.05) is 25.5 Å². The Bertz CT molecular complexity index is 765. The maximum Gasteiger partial charge on any atom is 0.279 e. The molecule has 0 aliphatic carbocycles. The molecule has 144 valence electrons. The molecule has 0 saturated heterocycles. The van der Waals surface area contributed by atoms with Crippen molar-refractivity contribution < 1.29 is 23.5 Å². The van der Waals surface area contributed by atoms with Crippen molar-refractivity contribution in [2.45, 2.75) is 32.8 Å². The third kappa shape index (κ3) is 6.29. The van der Waals surface area contributed by atoms with Crippen LogP contribution in [0.2, 0.25) is 0 Å². The van der Waals surface area contributed by atoms with Gasteiger partial charge in [-0.25, -0.2) is 4.39 Å². The molecule has 6 nitrogen and oxygen atoms in total. The van der Waals surface area contributed by atoms with Gasteiger partial charge in [0, 0.05) is 5.56 Å². The predicted molar refractivity (Wildman–Crippen MR) is 98.9 cm³/mol. The molecule has 0 aromatic heterocycles. The van der Waals surface area contributed by atoms with E-state index in [9.17, 15) is 14.0 Å². The first kappa shape index (κ1) is 20.2. The fraction of sp³-hybridized carbons (Fsp3) is 0.300. The van der Waals surface area contributed by atoms with Crippen molar-refractivity contribution in [3.8, 4) is 11.5 Å². The maximum absolute atomic E-state index is 13.5. The fourth-order valence-electron chi connectivity index (χ4n) is 2.11. The summed E-state index contributed by atoms with van der Waals surface area (Å²) >= 11 is 0. The molecule has 0 heterocycles. The molecule has 2 aromatic carbocycles. The van der Waals surface area contributed by atoms with Crippen LogP contribution >= 0.6 is 0 Å². The fourth-order valence-corrected chi connectivity index (χ4v) is 2.11. The third-order valence-electron chi connectivity index (χ3n) is 3.69. The van der Waals surface area contributed by atoms with Gasteiger partial charge in [-0.05, 0) is 49.7 Å². The zero-order valence-corrected chi connectivity index (χ0v) is 15.3. The van der Waals surface area contributed by atoms with Crippen molar-refractivity contribution >= 4 is 11.8 Å². The smallest absolute Gasteiger partial charge is 0.279 e. The molecule has 1 atom stereocenters. The van der Waals surface area contributed by atoms with Crippen LogP contribution in [0.4, 0.5) is 4.39 Å². The monoisotopic (exact) mass is 374 g/mol. The lowest BCUT2D eigenvalue weighted by Crippen LogP contribution is -2.47. The van der Waals surface area contributed by atoms with E-state index in [0.717, 1.165) is 12.8 Å². The van der Waals surface area contributed by atoms with E-state index in [1.54, 1.807) is 30.3 Å². The number of carbonyl (C=O) groups is 2. The van der Waals surface area contributed by atoms with Gasteiger partial charge in [0.25, 0.3) is 11.8 Å². The van der Waals surface area contributed by atoms with Gasteiger partial charge >= 0.3 is 0 Å². The number of hydrogen-bond acceptors (Lipinski definition) is 4. The molecule has 7 heteroatoms. The summed E-state index contributed by atoms with van der Waals surface area (Å²) in [5.41, 5.74) is 4.92. The number of amides is 2. The van der Waals surface area contributed by atoms with Gasteiger partial charge < -0.3 is 9.47 Å². The molecule has 0 aliphatic rings. The maximum atomic E-state index is 13.5. The molecule has 0 spiro atoms. The SMILES string of the molecule is CCCCOc1ccc(C(=O)NNC(=O)C(C)Oc2ccccc2F)cc1. The predicted octanol–water partition coefficient (Wildman–Crippen LogP) is 3.23. The molecule has 0 bridgehead atoms. The van der Waals surface area contributed by atoms with Crippen LogP contribution in [0.1, 0.15) is 37.0 Å². The van der Waals surface area contributed by atoms with Gasteiger partial charge in [0.2, 0.25) is 0 Å². The minimum atomic E-state index is -0.989. The molecule has 0 radical (unpaired) electrons. The lowest BCUT2D eigenvalue weighted by atomic mass is 10.2. The minimum absolute atomic E-state index is 0.0369. The molecule has 1 unspecified atom stereocenters. The number of hydrazine groups is 1. The van der Waals surface area contributed by atoms with Gasteiger partial charge in [0.05, 0.1) is 6.61 Å². The van der Waals surface area contributed by atoms with E-state index in [4.69, 9.17) is 9.47 Å². The second kappa shape index (κ2) is 10.2. The number of unbranched alkanes of at least 4 members (excludes halogenated alkanes) is 1. The van der Waals surface area contributed by atoms with Crippen molar-refractivity contribution in [3.63, 3.8) is 0 Å². The summed E-state index contributed by atoms with van der Waals surface area (Å²) in [6, 6.07) is 12.4. The van der Waals surface area contributed by atoms with Crippen molar-refractivity contribution in [1.29, 1.82) is 0 Å². The van der Waals surface area contributed by atoms with E-state index in [1.807, 2.05) is 0 Å².